The summed E-state index contributed by atoms with van der Waals surface area (Å²) in [6.45, 7) is 6.17. The largest absolute Gasteiger partial charge is 0.373 e. The normalized spacial score (nSPS) is 16.7. The van der Waals surface area contributed by atoms with Gasteiger partial charge in [0.15, 0.2) is 0 Å². The molecule has 2 N–H and O–H groups in total. The SMILES string of the molecule is CNc1ccc(Cl)c(C(=O)NCC(C)CN2CCCC2)n1. The molecule has 1 atom stereocenters. The van der Waals surface area contributed by atoms with Gasteiger partial charge < -0.3 is 15.5 Å². The van der Waals surface area contributed by atoms with Crippen molar-refractivity contribution in [2.45, 2.75) is 19.8 Å². The summed E-state index contributed by atoms with van der Waals surface area (Å²) in [5, 5.41) is 6.20. The molecular formula is C15H23ClN4O. The van der Waals surface area contributed by atoms with Crippen LogP contribution in [0.3, 0.4) is 0 Å². The van der Waals surface area contributed by atoms with E-state index >= 15 is 0 Å². The first-order valence-electron chi connectivity index (χ1n) is 7.45. The lowest BCUT2D eigenvalue weighted by molar-refractivity contribution is 0.0940. The fourth-order valence-electron chi connectivity index (χ4n) is 2.56. The molecule has 0 spiro atoms. The molecule has 1 aromatic rings. The highest BCUT2D eigenvalue weighted by Crippen LogP contribution is 2.16. The zero-order valence-corrected chi connectivity index (χ0v) is 13.4. The molecule has 0 radical (unpaired) electrons. The average Bonchev–Trinajstić information content (AvgIpc) is 2.98. The Morgan fingerprint density at radius 2 is 2.14 bits per heavy atom. The van der Waals surface area contributed by atoms with Gasteiger partial charge in [-0.15, -0.1) is 0 Å². The van der Waals surface area contributed by atoms with Crippen LogP contribution in [0.4, 0.5) is 5.82 Å². The van der Waals surface area contributed by atoms with E-state index in [4.69, 9.17) is 11.6 Å². The second kappa shape index (κ2) is 7.61. The van der Waals surface area contributed by atoms with Gasteiger partial charge >= 0.3 is 0 Å². The Kier molecular flexibility index (Phi) is 5.82. The Morgan fingerprint density at radius 3 is 2.81 bits per heavy atom. The number of aromatic nitrogens is 1. The number of hydrogen-bond donors (Lipinski definition) is 2. The maximum Gasteiger partial charge on any atom is 0.271 e. The maximum atomic E-state index is 12.2. The molecule has 6 heteroatoms. The van der Waals surface area contributed by atoms with Gasteiger partial charge in [-0.25, -0.2) is 4.98 Å². The Morgan fingerprint density at radius 1 is 1.43 bits per heavy atom. The van der Waals surface area contributed by atoms with E-state index in [1.807, 2.05) is 0 Å². The summed E-state index contributed by atoms with van der Waals surface area (Å²) in [7, 11) is 1.76. The van der Waals surface area contributed by atoms with E-state index in [2.05, 4.69) is 27.4 Å². The lowest BCUT2D eigenvalue weighted by Gasteiger charge is -2.20. The number of likely N-dealkylation sites (tertiary alicyclic amines) is 1. The summed E-state index contributed by atoms with van der Waals surface area (Å²) in [6, 6.07) is 3.43. The molecule has 1 unspecified atom stereocenters. The van der Waals surface area contributed by atoms with E-state index in [0.29, 0.717) is 23.3 Å². The van der Waals surface area contributed by atoms with Crippen LogP contribution in [0.25, 0.3) is 0 Å². The molecule has 1 aliphatic rings. The summed E-state index contributed by atoms with van der Waals surface area (Å²) in [6.07, 6.45) is 2.57. The number of halogens is 1. The van der Waals surface area contributed by atoms with Crippen LogP contribution in [0.2, 0.25) is 5.02 Å². The van der Waals surface area contributed by atoms with Gasteiger partial charge in [0, 0.05) is 20.1 Å². The number of carbonyl (C=O) groups is 1. The van der Waals surface area contributed by atoms with Crippen molar-refractivity contribution in [2.24, 2.45) is 5.92 Å². The van der Waals surface area contributed by atoms with Crippen LogP contribution >= 0.6 is 11.6 Å². The van der Waals surface area contributed by atoms with Crippen molar-refractivity contribution in [1.29, 1.82) is 0 Å². The summed E-state index contributed by atoms with van der Waals surface area (Å²) >= 11 is 6.04. The number of nitrogens with zero attached hydrogens (tertiary/aromatic N) is 2. The van der Waals surface area contributed by atoms with E-state index in [9.17, 15) is 4.79 Å². The Labute approximate surface area is 131 Å². The molecule has 0 aliphatic carbocycles. The third-order valence-electron chi connectivity index (χ3n) is 3.70. The van der Waals surface area contributed by atoms with E-state index in [1.165, 1.54) is 25.9 Å². The number of rotatable bonds is 6. The second-order valence-corrected chi connectivity index (χ2v) is 6.01. The van der Waals surface area contributed by atoms with Crippen LogP contribution in [0.15, 0.2) is 12.1 Å². The van der Waals surface area contributed by atoms with Gasteiger partial charge in [0.05, 0.1) is 5.02 Å². The molecule has 2 rings (SSSR count). The molecule has 0 bridgehead atoms. The van der Waals surface area contributed by atoms with Gasteiger partial charge in [-0.05, 0) is 44.0 Å². The number of anilines is 1. The van der Waals surface area contributed by atoms with Crippen molar-refractivity contribution >= 4 is 23.3 Å². The van der Waals surface area contributed by atoms with Gasteiger partial charge in [0.2, 0.25) is 0 Å². The third-order valence-corrected chi connectivity index (χ3v) is 4.00. The first-order valence-corrected chi connectivity index (χ1v) is 7.83. The molecule has 1 fully saturated rings. The fourth-order valence-corrected chi connectivity index (χ4v) is 2.75. The minimum Gasteiger partial charge on any atom is -0.373 e. The van der Waals surface area contributed by atoms with Crippen molar-refractivity contribution in [1.82, 2.24) is 15.2 Å². The Balaban J connectivity index is 1.86. The zero-order chi connectivity index (χ0) is 15.2. The molecule has 0 saturated carbocycles. The third kappa shape index (κ3) is 4.58. The van der Waals surface area contributed by atoms with Crippen molar-refractivity contribution in [3.05, 3.63) is 22.8 Å². The predicted octanol–water partition coefficient (Wildman–Crippen LogP) is 2.24. The molecule has 21 heavy (non-hydrogen) atoms. The number of hydrogen-bond acceptors (Lipinski definition) is 4. The van der Waals surface area contributed by atoms with Crippen LogP contribution in [-0.2, 0) is 0 Å². The average molecular weight is 311 g/mol. The van der Waals surface area contributed by atoms with Gasteiger partial charge in [0.1, 0.15) is 11.5 Å². The van der Waals surface area contributed by atoms with Gasteiger partial charge in [-0.3, -0.25) is 4.79 Å². The Bertz CT molecular complexity index is 489. The zero-order valence-electron chi connectivity index (χ0n) is 12.7. The van der Waals surface area contributed by atoms with Crippen molar-refractivity contribution in [3.63, 3.8) is 0 Å². The summed E-state index contributed by atoms with van der Waals surface area (Å²) in [4.78, 5) is 18.8. The molecule has 1 aromatic heterocycles. The Hall–Kier alpha value is -1.33. The minimum absolute atomic E-state index is 0.217. The first-order chi connectivity index (χ1) is 10.1. The summed E-state index contributed by atoms with van der Waals surface area (Å²) < 4.78 is 0. The highest BCUT2D eigenvalue weighted by molar-refractivity contribution is 6.33. The smallest absolute Gasteiger partial charge is 0.271 e. The van der Waals surface area contributed by atoms with Crippen LogP contribution in [0.5, 0.6) is 0 Å². The van der Waals surface area contributed by atoms with E-state index in [0.717, 1.165) is 6.54 Å². The molecule has 1 amide bonds. The number of pyridine rings is 1. The highest BCUT2D eigenvalue weighted by atomic mass is 35.5. The molecule has 2 heterocycles. The molecule has 116 valence electrons. The topological polar surface area (TPSA) is 57.3 Å². The fraction of sp³-hybridized carbons (Fsp3) is 0.600. The molecule has 0 aromatic carbocycles. The highest BCUT2D eigenvalue weighted by Gasteiger charge is 2.17. The lowest BCUT2D eigenvalue weighted by atomic mass is 10.1. The number of nitrogens with one attached hydrogen (secondary N) is 2. The van der Waals surface area contributed by atoms with Gasteiger partial charge in [0.25, 0.3) is 5.91 Å². The monoisotopic (exact) mass is 310 g/mol. The van der Waals surface area contributed by atoms with E-state index in [1.54, 1.807) is 19.2 Å². The molecule has 5 nitrogen and oxygen atoms in total. The minimum atomic E-state index is -0.217. The number of amides is 1. The second-order valence-electron chi connectivity index (χ2n) is 5.60. The number of carbonyl (C=O) groups excluding carboxylic acids is 1. The van der Waals surface area contributed by atoms with Crippen LogP contribution < -0.4 is 10.6 Å². The van der Waals surface area contributed by atoms with Crippen molar-refractivity contribution in [2.75, 3.05) is 38.5 Å². The molecule has 1 aliphatic heterocycles. The van der Waals surface area contributed by atoms with Crippen molar-refractivity contribution in [3.8, 4) is 0 Å². The van der Waals surface area contributed by atoms with Gasteiger partial charge in [-0.2, -0.15) is 0 Å². The standard InChI is InChI=1S/C15H23ClN4O/c1-11(10-20-7-3-4-8-20)9-18-15(21)14-12(16)5-6-13(17-2)19-14/h5-6,11H,3-4,7-10H2,1-2H3,(H,17,19)(H,18,21). The molecular weight excluding hydrogens is 288 g/mol. The summed E-state index contributed by atoms with van der Waals surface area (Å²) in [5.41, 5.74) is 0.275. The maximum absolute atomic E-state index is 12.2. The van der Waals surface area contributed by atoms with E-state index in [-0.39, 0.29) is 11.6 Å². The lowest BCUT2D eigenvalue weighted by Crippen LogP contribution is -2.34. The van der Waals surface area contributed by atoms with Crippen molar-refractivity contribution < 1.29 is 4.79 Å². The van der Waals surface area contributed by atoms with E-state index < -0.39 is 0 Å². The van der Waals surface area contributed by atoms with Crippen LogP contribution in [0, 0.1) is 5.92 Å². The first kappa shape index (κ1) is 16.0. The quantitative estimate of drug-likeness (QED) is 0.846. The van der Waals surface area contributed by atoms with Gasteiger partial charge in [-0.1, -0.05) is 18.5 Å². The predicted molar refractivity (Wildman–Crippen MR) is 86.0 cm³/mol. The van der Waals surface area contributed by atoms with Crippen LogP contribution in [-0.4, -0.2) is 49.0 Å². The molecule has 1 saturated heterocycles. The van der Waals surface area contributed by atoms with Crippen LogP contribution in [0.1, 0.15) is 30.3 Å². The summed E-state index contributed by atoms with van der Waals surface area (Å²) in [5.74, 6) is 0.832.